The van der Waals surface area contributed by atoms with Crippen LogP contribution in [0.15, 0.2) is 23.8 Å². The molecule has 5 nitrogen and oxygen atoms in total. The molecule has 94 valence electrons. The van der Waals surface area contributed by atoms with Crippen LogP contribution in [0, 0.1) is 0 Å². The van der Waals surface area contributed by atoms with Gasteiger partial charge in [0.05, 0.1) is 6.10 Å². The Hall–Kier alpha value is -1.17. The quantitative estimate of drug-likeness (QED) is 0.664. The smallest absolute Gasteiger partial charge is 0.328 e. The predicted molar refractivity (Wildman–Crippen MR) is 59.3 cm³/mol. The van der Waals surface area contributed by atoms with Crippen LogP contribution in [-0.4, -0.2) is 40.3 Å². The molecular formula is C12H16O5. The van der Waals surface area contributed by atoms with Crippen molar-refractivity contribution in [1.29, 1.82) is 0 Å². The molecule has 0 spiro atoms. The van der Waals surface area contributed by atoms with E-state index in [4.69, 9.17) is 14.6 Å². The lowest BCUT2D eigenvalue weighted by Gasteiger charge is -2.31. The van der Waals surface area contributed by atoms with Gasteiger partial charge < -0.3 is 19.7 Å². The van der Waals surface area contributed by atoms with Crippen LogP contribution in [0.2, 0.25) is 0 Å². The second-order valence-corrected chi connectivity index (χ2v) is 4.83. The predicted octanol–water partition coefficient (Wildman–Crippen LogP) is 0.838. The summed E-state index contributed by atoms with van der Waals surface area (Å²) in [5.41, 5.74) is 1.08. The fraction of sp³-hybridized carbons (Fsp3) is 0.583. The highest BCUT2D eigenvalue weighted by molar-refractivity contribution is 5.82. The zero-order valence-corrected chi connectivity index (χ0v) is 9.84. The van der Waals surface area contributed by atoms with Crippen molar-refractivity contribution >= 4 is 5.97 Å². The Morgan fingerprint density at radius 1 is 1.53 bits per heavy atom. The molecule has 2 rings (SSSR count). The second kappa shape index (κ2) is 3.94. The topological polar surface area (TPSA) is 76.0 Å². The summed E-state index contributed by atoms with van der Waals surface area (Å²) in [5.74, 6) is -1.83. The molecule has 2 N–H and O–H groups in total. The molecule has 2 fully saturated rings. The maximum absolute atomic E-state index is 10.7. The number of carboxylic acids is 1. The number of fused-ring (bicyclic) bond motifs is 1. The number of carboxylic acid groups (broad SMARTS) is 1. The maximum atomic E-state index is 10.7. The largest absolute Gasteiger partial charge is 0.478 e. The normalized spacial score (nSPS) is 38.2. The molecule has 3 atom stereocenters. The van der Waals surface area contributed by atoms with Gasteiger partial charge in [-0.2, -0.15) is 0 Å². The summed E-state index contributed by atoms with van der Waals surface area (Å²) in [6.45, 7) is 7.36. The molecule has 1 heterocycles. The number of hydrogen-bond acceptors (Lipinski definition) is 4. The van der Waals surface area contributed by atoms with E-state index in [2.05, 4.69) is 6.58 Å². The van der Waals surface area contributed by atoms with Gasteiger partial charge in [0.2, 0.25) is 0 Å². The first-order valence-electron chi connectivity index (χ1n) is 5.46. The third-order valence-electron chi connectivity index (χ3n) is 2.99. The van der Waals surface area contributed by atoms with Gasteiger partial charge in [-0.15, -0.1) is 0 Å². The summed E-state index contributed by atoms with van der Waals surface area (Å²) >= 11 is 0. The summed E-state index contributed by atoms with van der Waals surface area (Å²) < 4.78 is 11.2. The number of ether oxygens (including phenoxy) is 2. The minimum atomic E-state index is -1.05. The Morgan fingerprint density at radius 2 is 2.18 bits per heavy atom. The average Bonchev–Trinajstić information content (AvgIpc) is 2.50. The van der Waals surface area contributed by atoms with Crippen LogP contribution < -0.4 is 0 Å². The third-order valence-corrected chi connectivity index (χ3v) is 2.99. The van der Waals surface area contributed by atoms with Gasteiger partial charge in [0.25, 0.3) is 0 Å². The van der Waals surface area contributed by atoms with Crippen LogP contribution >= 0.6 is 0 Å². The van der Waals surface area contributed by atoms with Gasteiger partial charge in [0.1, 0.15) is 12.2 Å². The lowest BCUT2D eigenvalue weighted by molar-refractivity contribution is -0.152. The minimum Gasteiger partial charge on any atom is -0.478 e. The fourth-order valence-electron chi connectivity index (χ4n) is 2.30. The highest BCUT2D eigenvalue weighted by atomic mass is 16.8. The fourth-order valence-corrected chi connectivity index (χ4v) is 2.30. The molecular weight excluding hydrogens is 224 g/mol. The van der Waals surface area contributed by atoms with Gasteiger partial charge in [0, 0.05) is 12.5 Å². The Kier molecular flexibility index (Phi) is 2.85. The highest BCUT2D eigenvalue weighted by Crippen LogP contribution is 2.41. The van der Waals surface area contributed by atoms with Crippen LogP contribution in [0.4, 0.5) is 0 Å². The van der Waals surface area contributed by atoms with Crippen molar-refractivity contribution in [3.63, 3.8) is 0 Å². The maximum Gasteiger partial charge on any atom is 0.328 e. The molecule has 5 heteroatoms. The van der Waals surface area contributed by atoms with E-state index in [-0.39, 0.29) is 6.42 Å². The molecule has 1 aliphatic heterocycles. The number of hydrogen-bond donors (Lipinski definition) is 2. The second-order valence-electron chi connectivity index (χ2n) is 4.83. The van der Waals surface area contributed by atoms with Crippen molar-refractivity contribution in [3.8, 4) is 0 Å². The molecule has 3 unspecified atom stereocenters. The van der Waals surface area contributed by atoms with Crippen molar-refractivity contribution in [1.82, 2.24) is 0 Å². The molecule has 0 aromatic carbocycles. The molecule has 0 bridgehead atoms. The Morgan fingerprint density at radius 3 is 2.76 bits per heavy atom. The zero-order chi connectivity index (χ0) is 12.8. The number of aliphatic hydroxyl groups excluding tert-OH is 1. The van der Waals surface area contributed by atoms with E-state index in [1.54, 1.807) is 13.8 Å². The van der Waals surface area contributed by atoms with Crippen molar-refractivity contribution in [3.05, 3.63) is 23.8 Å². The lowest BCUT2D eigenvalue weighted by atomic mass is 9.84. The lowest BCUT2D eigenvalue weighted by Crippen LogP contribution is -2.41. The molecule has 2 aliphatic rings. The van der Waals surface area contributed by atoms with E-state index in [9.17, 15) is 9.90 Å². The summed E-state index contributed by atoms with van der Waals surface area (Å²) in [7, 11) is 0. The molecule has 17 heavy (non-hydrogen) atoms. The first kappa shape index (κ1) is 12.3. The molecule has 0 aromatic rings. The standard InChI is InChI=1S/C12H16O5/c1-6-7(5-9(14)15)4-8(13)11-10(6)16-12(2,3)17-11/h5,8,10-11,13H,1,4H2,2-3H3,(H,14,15). The van der Waals surface area contributed by atoms with Crippen LogP contribution in [0.3, 0.4) is 0 Å². The van der Waals surface area contributed by atoms with Gasteiger partial charge in [0.15, 0.2) is 5.79 Å². The van der Waals surface area contributed by atoms with Gasteiger partial charge in [-0.25, -0.2) is 4.79 Å². The van der Waals surface area contributed by atoms with E-state index in [1.165, 1.54) is 0 Å². The van der Waals surface area contributed by atoms with E-state index < -0.39 is 30.1 Å². The van der Waals surface area contributed by atoms with Gasteiger partial charge in [-0.1, -0.05) is 6.58 Å². The third kappa shape index (κ3) is 2.26. The highest BCUT2D eigenvalue weighted by Gasteiger charge is 2.49. The van der Waals surface area contributed by atoms with Crippen LogP contribution in [0.5, 0.6) is 0 Å². The van der Waals surface area contributed by atoms with Crippen molar-refractivity contribution < 1.29 is 24.5 Å². The molecule has 0 amide bonds. The molecule has 1 saturated heterocycles. The molecule has 0 aromatic heterocycles. The number of carbonyl (C=O) groups is 1. The van der Waals surface area contributed by atoms with Crippen molar-refractivity contribution in [2.75, 3.05) is 0 Å². The van der Waals surface area contributed by atoms with Crippen LogP contribution in [0.25, 0.3) is 0 Å². The van der Waals surface area contributed by atoms with Crippen LogP contribution in [0.1, 0.15) is 20.3 Å². The van der Waals surface area contributed by atoms with E-state index in [0.717, 1.165) is 6.08 Å². The number of aliphatic carboxylic acids is 1. The monoisotopic (exact) mass is 240 g/mol. The van der Waals surface area contributed by atoms with Gasteiger partial charge in [-0.3, -0.25) is 0 Å². The summed E-state index contributed by atoms with van der Waals surface area (Å²) in [5, 5.41) is 18.7. The number of rotatable bonds is 1. The Labute approximate surface area is 99.3 Å². The van der Waals surface area contributed by atoms with E-state index >= 15 is 0 Å². The van der Waals surface area contributed by atoms with Crippen molar-refractivity contribution in [2.45, 2.75) is 44.4 Å². The molecule has 0 radical (unpaired) electrons. The SMILES string of the molecule is C=C1C(=CC(=O)O)CC(O)C2OC(C)(C)OC12. The summed E-state index contributed by atoms with van der Waals surface area (Å²) in [6, 6.07) is 0. The molecule has 1 aliphatic carbocycles. The first-order chi connectivity index (χ1) is 7.80. The van der Waals surface area contributed by atoms with E-state index in [1.807, 2.05) is 0 Å². The van der Waals surface area contributed by atoms with E-state index in [0.29, 0.717) is 11.1 Å². The Bertz CT molecular complexity index is 396. The summed E-state index contributed by atoms with van der Waals surface area (Å²) in [6.07, 6.45) is -0.414. The van der Waals surface area contributed by atoms with Crippen molar-refractivity contribution in [2.24, 2.45) is 0 Å². The van der Waals surface area contributed by atoms with Gasteiger partial charge >= 0.3 is 5.97 Å². The number of aliphatic hydroxyl groups is 1. The van der Waals surface area contributed by atoms with Crippen LogP contribution in [-0.2, 0) is 14.3 Å². The molecule has 1 saturated carbocycles. The first-order valence-corrected chi connectivity index (χ1v) is 5.46. The Balaban J connectivity index is 2.28. The zero-order valence-electron chi connectivity index (χ0n) is 9.84. The van der Waals surface area contributed by atoms with Gasteiger partial charge in [-0.05, 0) is 25.0 Å². The minimum absolute atomic E-state index is 0.228. The summed E-state index contributed by atoms with van der Waals surface area (Å²) in [4.78, 5) is 10.7. The average molecular weight is 240 g/mol.